The van der Waals surface area contributed by atoms with Gasteiger partial charge in [-0.2, -0.15) is 0 Å². The fourth-order valence-corrected chi connectivity index (χ4v) is 1.58. The third-order valence-corrected chi connectivity index (χ3v) is 3.20. The van der Waals surface area contributed by atoms with Crippen molar-refractivity contribution in [3.05, 3.63) is 0 Å². The predicted molar refractivity (Wildman–Crippen MR) is 57.9 cm³/mol. The molecule has 0 spiro atoms. The maximum absolute atomic E-state index is 11.8. The summed E-state index contributed by atoms with van der Waals surface area (Å²) < 4.78 is 0. The Morgan fingerprint density at radius 3 is 2.43 bits per heavy atom. The van der Waals surface area contributed by atoms with Gasteiger partial charge in [-0.3, -0.25) is 4.79 Å². The van der Waals surface area contributed by atoms with E-state index in [1.165, 1.54) is 19.3 Å². The summed E-state index contributed by atoms with van der Waals surface area (Å²) in [6, 6.07) is 0.496. The highest BCUT2D eigenvalue weighted by Gasteiger charge is 2.28. The molecule has 3 nitrogen and oxygen atoms in total. The van der Waals surface area contributed by atoms with Gasteiger partial charge >= 0.3 is 0 Å². The van der Waals surface area contributed by atoms with Gasteiger partial charge in [0.2, 0.25) is 5.91 Å². The average Bonchev–Trinajstić information content (AvgIpc) is 2.00. The Morgan fingerprint density at radius 1 is 1.50 bits per heavy atom. The van der Waals surface area contributed by atoms with Gasteiger partial charge in [0.25, 0.3) is 0 Å². The lowest BCUT2D eigenvalue weighted by molar-refractivity contribution is -0.135. The maximum atomic E-state index is 11.8. The average molecular weight is 198 g/mol. The van der Waals surface area contributed by atoms with E-state index in [1.54, 1.807) is 0 Å². The summed E-state index contributed by atoms with van der Waals surface area (Å²) in [6.45, 7) is 4.65. The first-order chi connectivity index (χ1) is 6.46. The van der Waals surface area contributed by atoms with E-state index in [4.69, 9.17) is 5.73 Å². The second-order valence-corrected chi connectivity index (χ2v) is 5.13. The zero-order chi connectivity index (χ0) is 10.8. The lowest BCUT2D eigenvalue weighted by Crippen LogP contribution is -2.43. The number of hydrogen-bond donors (Lipinski definition) is 1. The molecule has 1 amide bonds. The molecule has 0 atom stereocenters. The highest BCUT2D eigenvalue weighted by molar-refractivity contribution is 5.77. The minimum atomic E-state index is -0.0604. The summed E-state index contributed by atoms with van der Waals surface area (Å²) in [5.41, 5.74) is 5.55. The van der Waals surface area contributed by atoms with Crippen LogP contribution in [0.3, 0.4) is 0 Å². The van der Waals surface area contributed by atoms with Crippen LogP contribution < -0.4 is 5.73 Å². The fraction of sp³-hybridized carbons (Fsp3) is 0.909. The SMILES string of the molecule is CN(C(=O)CC(C)(C)CN)C1CCC1. The number of carbonyl (C=O) groups excluding carboxylic acids is 1. The number of nitrogens with two attached hydrogens (primary N) is 1. The van der Waals surface area contributed by atoms with Crippen LogP contribution in [0.4, 0.5) is 0 Å². The molecular weight excluding hydrogens is 176 g/mol. The molecule has 2 N–H and O–H groups in total. The van der Waals surface area contributed by atoms with Gasteiger partial charge in [-0.25, -0.2) is 0 Å². The molecule has 3 heteroatoms. The lowest BCUT2D eigenvalue weighted by atomic mass is 9.87. The van der Waals surface area contributed by atoms with Crippen LogP contribution in [-0.2, 0) is 4.79 Å². The van der Waals surface area contributed by atoms with E-state index in [1.807, 2.05) is 25.8 Å². The Bertz CT molecular complexity index is 209. The summed E-state index contributed by atoms with van der Waals surface area (Å²) in [6.07, 6.45) is 4.18. The molecule has 0 bridgehead atoms. The molecule has 82 valence electrons. The maximum Gasteiger partial charge on any atom is 0.223 e. The van der Waals surface area contributed by atoms with Crippen LogP contribution in [0.1, 0.15) is 39.5 Å². The van der Waals surface area contributed by atoms with Crippen molar-refractivity contribution in [1.82, 2.24) is 4.90 Å². The Balaban J connectivity index is 2.40. The molecule has 0 saturated heterocycles. The first-order valence-corrected chi connectivity index (χ1v) is 5.42. The van der Waals surface area contributed by atoms with Gasteiger partial charge in [-0.1, -0.05) is 13.8 Å². The van der Waals surface area contributed by atoms with E-state index in [2.05, 4.69) is 0 Å². The van der Waals surface area contributed by atoms with Gasteiger partial charge in [0, 0.05) is 19.5 Å². The normalized spacial score (nSPS) is 17.7. The van der Waals surface area contributed by atoms with Gasteiger partial charge in [-0.15, -0.1) is 0 Å². The van der Waals surface area contributed by atoms with Gasteiger partial charge in [-0.05, 0) is 31.2 Å². The van der Waals surface area contributed by atoms with E-state index in [-0.39, 0.29) is 11.3 Å². The topological polar surface area (TPSA) is 46.3 Å². The Hall–Kier alpha value is -0.570. The van der Waals surface area contributed by atoms with Crippen molar-refractivity contribution < 1.29 is 4.79 Å². The zero-order valence-electron chi connectivity index (χ0n) is 9.55. The highest BCUT2D eigenvalue weighted by Crippen LogP contribution is 2.26. The quantitative estimate of drug-likeness (QED) is 0.741. The molecule has 0 radical (unpaired) electrons. The lowest BCUT2D eigenvalue weighted by Gasteiger charge is -2.36. The molecule has 0 aromatic heterocycles. The van der Waals surface area contributed by atoms with Crippen molar-refractivity contribution in [2.45, 2.75) is 45.6 Å². The molecule has 1 rings (SSSR count). The molecule has 14 heavy (non-hydrogen) atoms. The van der Waals surface area contributed by atoms with Crippen molar-refractivity contribution in [3.63, 3.8) is 0 Å². The number of rotatable bonds is 4. The van der Waals surface area contributed by atoms with Crippen molar-refractivity contribution in [2.24, 2.45) is 11.1 Å². The molecule has 0 aromatic rings. The van der Waals surface area contributed by atoms with Crippen LogP contribution >= 0.6 is 0 Å². The van der Waals surface area contributed by atoms with Crippen LogP contribution in [0.15, 0.2) is 0 Å². The summed E-state index contributed by atoms with van der Waals surface area (Å²) in [7, 11) is 1.92. The molecule has 1 fully saturated rings. The number of hydrogen-bond acceptors (Lipinski definition) is 2. The smallest absolute Gasteiger partial charge is 0.223 e. The van der Waals surface area contributed by atoms with E-state index >= 15 is 0 Å². The van der Waals surface area contributed by atoms with E-state index in [0.717, 1.165) is 0 Å². The first-order valence-electron chi connectivity index (χ1n) is 5.42. The van der Waals surface area contributed by atoms with Crippen LogP contribution in [-0.4, -0.2) is 30.4 Å². The van der Waals surface area contributed by atoms with Crippen molar-refractivity contribution >= 4 is 5.91 Å². The van der Waals surface area contributed by atoms with E-state index in [9.17, 15) is 4.79 Å². The summed E-state index contributed by atoms with van der Waals surface area (Å²) in [5.74, 6) is 0.241. The van der Waals surface area contributed by atoms with Crippen LogP contribution in [0.5, 0.6) is 0 Å². The van der Waals surface area contributed by atoms with Gasteiger partial charge in [0.05, 0.1) is 0 Å². The minimum absolute atomic E-state index is 0.0604. The molecule has 0 aromatic carbocycles. The summed E-state index contributed by atoms with van der Waals surface area (Å²) >= 11 is 0. The van der Waals surface area contributed by atoms with Crippen molar-refractivity contribution in [2.75, 3.05) is 13.6 Å². The Morgan fingerprint density at radius 2 is 2.07 bits per heavy atom. The standard InChI is InChI=1S/C11H22N2O/c1-11(2,8-12)7-10(14)13(3)9-5-4-6-9/h9H,4-8,12H2,1-3H3. The van der Waals surface area contributed by atoms with E-state index in [0.29, 0.717) is 19.0 Å². The zero-order valence-corrected chi connectivity index (χ0v) is 9.55. The van der Waals surface area contributed by atoms with Crippen LogP contribution in [0.2, 0.25) is 0 Å². The van der Waals surface area contributed by atoms with E-state index < -0.39 is 0 Å². The predicted octanol–water partition coefficient (Wildman–Crippen LogP) is 1.37. The monoisotopic (exact) mass is 198 g/mol. The van der Waals surface area contributed by atoms with Crippen molar-refractivity contribution in [1.29, 1.82) is 0 Å². The molecule has 1 aliphatic carbocycles. The number of carbonyl (C=O) groups is 1. The number of nitrogens with zero attached hydrogens (tertiary/aromatic N) is 1. The Kier molecular flexibility index (Phi) is 3.53. The minimum Gasteiger partial charge on any atom is -0.343 e. The third-order valence-electron chi connectivity index (χ3n) is 3.20. The second-order valence-electron chi connectivity index (χ2n) is 5.13. The first kappa shape index (κ1) is 11.5. The molecule has 0 heterocycles. The fourth-order valence-electron chi connectivity index (χ4n) is 1.58. The molecule has 1 aliphatic rings. The van der Waals surface area contributed by atoms with Crippen molar-refractivity contribution in [3.8, 4) is 0 Å². The van der Waals surface area contributed by atoms with Gasteiger partial charge < -0.3 is 10.6 Å². The third kappa shape index (κ3) is 2.71. The highest BCUT2D eigenvalue weighted by atomic mass is 16.2. The second kappa shape index (κ2) is 4.30. The van der Waals surface area contributed by atoms with Gasteiger partial charge in [0.15, 0.2) is 0 Å². The van der Waals surface area contributed by atoms with Gasteiger partial charge in [0.1, 0.15) is 0 Å². The summed E-state index contributed by atoms with van der Waals surface area (Å²) in [5, 5.41) is 0. The molecule has 0 unspecified atom stereocenters. The molecular formula is C11H22N2O. The molecule has 0 aliphatic heterocycles. The molecule has 1 saturated carbocycles. The van der Waals surface area contributed by atoms with Crippen LogP contribution in [0, 0.1) is 5.41 Å². The Labute approximate surface area is 86.6 Å². The van der Waals surface area contributed by atoms with Crippen LogP contribution in [0.25, 0.3) is 0 Å². The largest absolute Gasteiger partial charge is 0.343 e. The summed E-state index contributed by atoms with van der Waals surface area (Å²) in [4.78, 5) is 13.7. The number of amides is 1.